The Bertz CT molecular complexity index is 1770. The smallest absolute Gasteiger partial charge is 0.246 e. The van der Waals surface area contributed by atoms with Gasteiger partial charge in [0.25, 0.3) is 0 Å². The maximum Gasteiger partial charge on any atom is 0.246 e. The monoisotopic (exact) mass is 533 g/mol. The standard InChI is InChI=1S/C29H27N9O2/c1-3-27(39)37-14-18-10-11-38(24(18)15-37)26-9-7-22-28(33-26)29(31-16-30-22)32-19-4-8-25(17(2)12-19)40-20-5-6-21-23(13-20)35-36-34-21/h3-9,12-13,16,18,24H,1,10-11,14-15H2,2H3,(H,30,31,32)(H,34,35,36). The Morgan fingerprint density at radius 3 is 2.83 bits per heavy atom. The zero-order valence-corrected chi connectivity index (χ0v) is 21.9. The van der Waals surface area contributed by atoms with Crippen LogP contribution in [0, 0.1) is 12.8 Å². The number of nitrogens with one attached hydrogen (secondary N) is 2. The summed E-state index contributed by atoms with van der Waals surface area (Å²) in [6.07, 6.45) is 3.96. The third kappa shape index (κ3) is 4.25. The molecule has 0 saturated carbocycles. The number of carbonyl (C=O) groups is 1. The fourth-order valence-electron chi connectivity index (χ4n) is 5.73. The first-order valence-electron chi connectivity index (χ1n) is 13.2. The fourth-order valence-corrected chi connectivity index (χ4v) is 5.73. The van der Waals surface area contributed by atoms with E-state index in [1.807, 2.05) is 60.4 Å². The number of aryl methyl sites for hydroxylation is 1. The number of aromatic amines is 1. The number of hydrogen-bond acceptors (Lipinski definition) is 9. The lowest BCUT2D eigenvalue weighted by Gasteiger charge is -2.26. The predicted molar refractivity (Wildman–Crippen MR) is 152 cm³/mol. The molecule has 0 spiro atoms. The van der Waals surface area contributed by atoms with Crippen LogP contribution < -0.4 is 15.0 Å². The summed E-state index contributed by atoms with van der Waals surface area (Å²) in [5.74, 6) is 3.35. The van der Waals surface area contributed by atoms with Crippen molar-refractivity contribution in [2.45, 2.75) is 19.4 Å². The van der Waals surface area contributed by atoms with Crippen molar-refractivity contribution < 1.29 is 9.53 Å². The van der Waals surface area contributed by atoms with Crippen molar-refractivity contribution >= 4 is 45.3 Å². The molecule has 11 nitrogen and oxygen atoms in total. The minimum absolute atomic E-state index is 0.0107. The molecular formula is C29H27N9O2. The van der Waals surface area contributed by atoms with Crippen LogP contribution in [-0.2, 0) is 4.79 Å². The van der Waals surface area contributed by atoms with Crippen LogP contribution in [0.1, 0.15) is 12.0 Å². The Hall–Kier alpha value is -5.06. The molecule has 0 aliphatic carbocycles. The number of nitrogens with zero attached hydrogens (tertiary/aromatic N) is 7. The normalized spacial score (nSPS) is 18.3. The van der Waals surface area contributed by atoms with Crippen molar-refractivity contribution in [3.8, 4) is 11.5 Å². The third-order valence-electron chi connectivity index (χ3n) is 7.75. The average molecular weight is 534 g/mol. The van der Waals surface area contributed by atoms with Crippen LogP contribution in [-0.4, -0.2) is 66.8 Å². The van der Waals surface area contributed by atoms with Crippen LogP contribution in [0.25, 0.3) is 22.1 Å². The Kier molecular flexibility index (Phi) is 5.76. The first-order chi connectivity index (χ1) is 19.6. The number of ether oxygens (including phenoxy) is 1. The number of pyridine rings is 1. The van der Waals surface area contributed by atoms with Gasteiger partial charge in [-0.3, -0.25) is 4.79 Å². The van der Waals surface area contributed by atoms with E-state index in [1.54, 1.807) is 0 Å². The van der Waals surface area contributed by atoms with Gasteiger partial charge in [-0.25, -0.2) is 15.0 Å². The van der Waals surface area contributed by atoms with Crippen molar-refractivity contribution in [1.29, 1.82) is 0 Å². The van der Waals surface area contributed by atoms with E-state index < -0.39 is 0 Å². The third-order valence-corrected chi connectivity index (χ3v) is 7.75. The highest BCUT2D eigenvalue weighted by Crippen LogP contribution is 2.36. The number of carbonyl (C=O) groups excluding carboxylic acids is 1. The molecule has 0 radical (unpaired) electrons. The first kappa shape index (κ1) is 24.0. The van der Waals surface area contributed by atoms with Crippen molar-refractivity contribution in [2.75, 3.05) is 29.9 Å². The number of rotatable bonds is 6. The Balaban J connectivity index is 1.13. The van der Waals surface area contributed by atoms with E-state index in [0.29, 0.717) is 29.5 Å². The second kappa shape index (κ2) is 9.60. The van der Waals surface area contributed by atoms with Crippen molar-refractivity contribution in [2.24, 2.45) is 5.92 Å². The predicted octanol–water partition coefficient (Wildman–Crippen LogP) is 4.36. The lowest BCUT2D eigenvalue weighted by molar-refractivity contribution is -0.125. The van der Waals surface area contributed by atoms with Gasteiger partial charge in [-0.1, -0.05) is 6.58 Å². The minimum atomic E-state index is -0.0107. The molecule has 5 heterocycles. The van der Waals surface area contributed by atoms with Gasteiger partial charge in [0.1, 0.15) is 40.2 Å². The van der Waals surface area contributed by atoms with Crippen molar-refractivity contribution in [3.63, 3.8) is 0 Å². The van der Waals surface area contributed by atoms with Crippen LogP contribution in [0.5, 0.6) is 11.5 Å². The number of hydrogen-bond donors (Lipinski definition) is 2. The molecule has 5 aromatic rings. The Morgan fingerprint density at radius 1 is 1.07 bits per heavy atom. The van der Waals surface area contributed by atoms with Gasteiger partial charge in [0.05, 0.1) is 11.6 Å². The highest BCUT2D eigenvalue weighted by Gasteiger charge is 2.42. The Morgan fingerprint density at radius 2 is 1.95 bits per heavy atom. The highest BCUT2D eigenvalue weighted by atomic mass is 16.5. The van der Waals surface area contributed by atoms with E-state index in [4.69, 9.17) is 9.72 Å². The summed E-state index contributed by atoms with van der Waals surface area (Å²) >= 11 is 0. The second-order valence-corrected chi connectivity index (χ2v) is 10.2. The molecule has 2 aliphatic rings. The van der Waals surface area contributed by atoms with Crippen LogP contribution in [0.3, 0.4) is 0 Å². The molecule has 2 saturated heterocycles. The average Bonchev–Trinajstić information content (AvgIpc) is 3.70. The number of likely N-dealkylation sites (tertiary alicyclic amines) is 1. The van der Waals surface area contributed by atoms with Gasteiger partial charge < -0.3 is 19.9 Å². The number of amides is 1. The molecular weight excluding hydrogens is 506 g/mol. The summed E-state index contributed by atoms with van der Waals surface area (Å²) < 4.78 is 6.12. The molecule has 2 fully saturated rings. The number of H-pyrrole nitrogens is 1. The fraction of sp³-hybridized carbons (Fsp3) is 0.241. The van der Waals surface area contributed by atoms with E-state index in [1.165, 1.54) is 12.4 Å². The summed E-state index contributed by atoms with van der Waals surface area (Å²) in [5.41, 5.74) is 4.80. The molecule has 40 heavy (non-hydrogen) atoms. The van der Waals surface area contributed by atoms with Crippen LogP contribution in [0.15, 0.2) is 67.5 Å². The van der Waals surface area contributed by atoms with E-state index in [0.717, 1.165) is 58.9 Å². The molecule has 3 aromatic heterocycles. The maximum absolute atomic E-state index is 12.2. The molecule has 200 valence electrons. The van der Waals surface area contributed by atoms with E-state index in [-0.39, 0.29) is 11.9 Å². The summed E-state index contributed by atoms with van der Waals surface area (Å²) in [6, 6.07) is 15.7. The minimum Gasteiger partial charge on any atom is -0.457 e. The molecule has 0 bridgehead atoms. The van der Waals surface area contributed by atoms with Crippen LogP contribution in [0.4, 0.5) is 17.3 Å². The van der Waals surface area contributed by atoms with Crippen molar-refractivity contribution in [3.05, 3.63) is 73.1 Å². The summed E-state index contributed by atoms with van der Waals surface area (Å²) in [5, 5.41) is 14.2. The molecule has 2 aliphatic heterocycles. The molecule has 2 aromatic carbocycles. The van der Waals surface area contributed by atoms with Gasteiger partial charge in [-0.15, -0.1) is 0 Å². The zero-order chi connectivity index (χ0) is 27.2. The molecule has 2 atom stereocenters. The molecule has 7 rings (SSSR count). The lowest BCUT2D eigenvalue weighted by Crippen LogP contribution is -2.37. The summed E-state index contributed by atoms with van der Waals surface area (Å²) in [6.45, 7) is 8.00. The van der Waals surface area contributed by atoms with Crippen LogP contribution in [0.2, 0.25) is 0 Å². The van der Waals surface area contributed by atoms with Crippen LogP contribution >= 0.6 is 0 Å². The van der Waals surface area contributed by atoms with E-state index in [9.17, 15) is 4.79 Å². The number of anilines is 3. The van der Waals surface area contributed by atoms with Gasteiger partial charge in [-0.2, -0.15) is 15.4 Å². The molecule has 11 heteroatoms. The number of aromatic nitrogens is 6. The molecule has 2 N–H and O–H groups in total. The Labute approximate surface area is 229 Å². The van der Waals surface area contributed by atoms with Gasteiger partial charge in [-0.05, 0) is 67.4 Å². The topological polar surface area (TPSA) is 125 Å². The molecule has 1 amide bonds. The van der Waals surface area contributed by atoms with E-state index >= 15 is 0 Å². The van der Waals surface area contributed by atoms with Crippen molar-refractivity contribution in [1.82, 2.24) is 35.3 Å². The largest absolute Gasteiger partial charge is 0.457 e. The first-order valence-corrected chi connectivity index (χ1v) is 13.2. The quantitative estimate of drug-likeness (QED) is 0.306. The SMILES string of the molecule is C=CC(=O)N1CC2CCN(c3ccc4ncnc(Nc5ccc(Oc6ccc7n[nH]nc7c6)c(C)c5)c4n3)C2C1. The lowest BCUT2D eigenvalue weighted by atomic mass is 10.1. The number of benzene rings is 2. The van der Waals surface area contributed by atoms with Gasteiger partial charge in [0.2, 0.25) is 5.91 Å². The molecule has 2 unspecified atom stereocenters. The zero-order valence-electron chi connectivity index (χ0n) is 21.9. The van der Waals surface area contributed by atoms with Gasteiger partial charge >= 0.3 is 0 Å². The second-order valence-electron chi connectivity index (χ2n) is 10.2. The van der Waals surface area contributed by atoms with E-state index in [2.05, 4.69) is 42.2 Å². The van der Waals surface area contributed by atoms with Gasteiger partial charge in [0.15, 0.2) is 5.82 Å². The van der Waals surface area contributed by atoms with Gasteiger partial charge in [0, 0.05) is 37.3 Å². The number of fused-ring (bicyclic) bond motifs is 3. The maximum atomic E-state index is 12.2. The highest BCUT2D eigenvalue weighted by molar-refractivity contribution is 5.89. The summed E-state index contributed by atoms with van der Waals surface area (Å²) in [7, 11) is 0. The summed E-state index contributed by atoms with van der Waals surface area (Å²) in [4.78, 5) is 30.3.